The quantitative estimate of drug-likeness (QED) is 0.713. The molecule has 8 nitrogen and oxygen atoms in total. The van der Waals surface area contributed by atoms with E-state index in [1.165, 1.54) is 0 Å². The largest absolute Gasteiger partial charge is 0.481 e. The Morgan fingerprint density at radius 1 is 1.42 bits per heavy atom. The van der Waals surface area contributed by atoms with Crippen LogP contribution < -0.4 is 10.6 Å². The molecule has 1 aromatic rings. The number of hydrogen-bond donors (Lipinski definition) is 3. The minimum absolute atomic E-state index is 0.138. The van der Waals surface area contributed by atoms with E-state index in [9.17, 15) is 9.59 Å². The van der Waals surface area contributed by atoms with Crippen LogP contribution in [0.4, 0.5) is 4.79 Å². The minimum Gasteiger partial charge on any atom is -0.481 e. The van der Waals surface area contributed by atoms with Crippen molar-refractivity contribution in [1.29, 1.82) is 0 Å². The van der Waals surface area contributed by atoms with Crippen molar-refractivity contribution in [2.45, 2.75) is 32.7 Å². The van der Waals surface area contributed by atoms with Gasteiger partial charge in [0.1, 0.15) is 0 Å². The van der Waals surface area contributed by atoms with Gasteiger partial charge in [-0.3, -0.25) is 4.79 Å². The molecule has 2 amide bonds. The molecule has 2 rings (SSSR count). The first kappa shape index (κ1) is 13.3. The Kier molecular flexibility index (Phi) is 3.68. The van der Waals surface area contributed by atoms with Crippen molar-refractivity contribution in [3.8, 4) is 0 Å². The number of nitrogens with one attached hydrogen (secondary N) is 2. The van der Waals surface area contributed by atoms with Gasteiger partial charge in [0.25, 0.3) is 0 Å². The van der Waals surface area contributed by atoms with Crippen LogP contribution in [0.1, 0.15) is 31.0 Å². The maximum absolute atomic E-state index is 11.5. The first-order valence-corrected chi connectivity index (χ1v) is 6.06. The summed E-state index contributed by atoms with van der Waals surface area (Å²) < 4.78 is 4.76. The highest BCUT2D eigenvalue weighted by Gasteiger charge is 2.44. The van der Waals surface area contributed by atoms with Gasteiger partial charge < -0.3 is 20.3 Å². The number of carbonyl (C=O) groups excluding carboxylic acids is 1. The van der Waals surface area contributed by atoms with E-state index < -0.39 is 17.4 Å². The fraction of sp³-hybridized carbons (Fsp3) is 0.636. The van der Waals surface area contributed by atoms with Crippen LogP contribution in [-0.2, 0) is 11.3 Å². The summed E-state index contributed by atoms with van der Waals surface area (Å²) in [6, 6.07) is -0.435. The molecule has 0 unspecified atom stereocenters. The molecule has 8 heteroatoms. The number of aryl methyl sites for hydroxylation is 1. The third-order valence-corrected chi connectivity index (χ3v) is 3.33. The van der Waals surface area contributed by atoms with Crippen LogP contribution >= 0.6 is 0 Å². The molecule has 1 aliphatic carbocycles. The molecule has 1 heterocycles. The van der Waals surface area contributed by atoms with E-state index >= 15 is 0 Å². The van der Waals surface area contributed by atoms with Crippen LogP contribution in [0.15, 0.2) is 4.52 Å². The summed E-state index contributed by atoms with van der Waals surface area (Å²) in [5.74, 6) is -0.0476. The molecule has 0 radical (unpaired) electrons. The van der Waals surface area contributed by atoms with Gasteiger partial charge in [0.15, 0.2) is 5.82 Å². The Hall–Kier alpha value is -2.12. The highest BCUT2D eigenvalue weighted by Crippen LogP contribution is 2.40. The van der Waals surface area contributed by atoms with Crippen LogP contribution in [0.5, 0.6) is 0 Å². The molecule has 0 aromatic carbocycles. The molecule has 0 bridgehead atoms. The number of rotatable bonds is 5. The second-order valence-electron chi connectivity index (χ2n) is 4.70. The number of urea groups is 1. The number of carbonyl (C=O) groups is 2. The molecule has 1 aliphatic rings. The van der Waals surface area contributed by atoms with E-state index in [4.69, 9.17) is 9.63 Å². The van der Waals surface area contributed by atoms with Crippen molar-refractivity contribution < 1.29 is 19.2 Å². The second kappa shape index (κ2) is 5.25. The zero-order valence-corrected chi connectivity index (χ0v) is 10.6. The lowest BCUT2D eigenvalue weighted by molar-refractivity contribution is -0.153. The molecule has 1 aromatic heterocycles. The number of amides is 2. The molecule has 3 N–H and O–H groups in total. The smallest absolute Gasteiger partial charge is 0.315 e. The van der Waals surface area contributed by atoms with Gasteiger partial charge in [0.2, 0.25) is 5.89 Å². The van der Waals surface area contributed by atoms with Crippen LogP contribution in [0, 0.1) is 12.3 Å². The van der Waals surface area contributed by atoms with Gasteiger partial charge in [-0.1, -0.05) is 11.6 Å². The number of aliphatic carboxylic acids is 1. The minimum atomic E-state index is -0.854. The summed E-state index contributed by atoms with van der Waals surface area (Å²) >= 11 is 0. The summed E-state index contributed by atoms with van der Waals surface area (Å²) in [5, 5.41) is 17.8. The number of aromatic nitrogens is 2. The first-order valence-electron chi connectivity index (χ1n) is 6.06. The molecule has 1 saturated carbocycles. The van der Waals surface area contributed by atoms with Crippen LogP contribution in [0.3, 0.4) is 0 Å². The van der Waals surface area contributed by atoms with Gasteiger partial charge in [-0.05, 0) is 12.8 Å². The fourth-order valence-electron chi connectivity index (χ4n) is 1.95. The van der Waals surface area contributed by atoms with E-state index in [0.717, 1.165) is 6.42 Å². The van der Waals surface area contributed by atoms with Crippen molar-refractivity contribution in [3.05, 3.63) is 11.7 Å². The van der Waals surface area contributed by atoms with Crippen molar-refractivity contribution in [2.24, 2.45) is 5.41 Å². The van der Waals surface area contributed by atoms with Gasteiger partial charge in [-0.15, -0.1) is 0 Å². The Morgan fingerprint density at radius 3 is 2.63 bits per heavy atom. The van der Waals surface area contributed by atoms with Crippen molar-refractivity contribution in [2.75, 3.05) is 6.54 Å². The van der Waals surface area contributed by atoms with Crippen LogP contribution in [0.2, 0.25) is 0 Å². The molecule has 19 heavy (non-hydrogen) atoms. The highest BCUT2D eigenvalue weighted by atomic mass is 16.5. The van der Waals surface area contributed by atoms with E-state index in [1.54, 1.807) is 6.92 Å². The second-order valence-corrected chi connectivity index (χ2v) is 4.70. The maximum Gasteiger partial charge on any atom is 0.315 e. The van der Waals surface area contributed by atoms with Gasteiger partial charge >= 0.3 is 12.0 Å². The zero-order valence-electron chi connectivity index (χ0n) is 10.6. The van der Waals surface area contributed by atoms with Crippen molar-refractivity contribution in [3.63, 3.8) is 0 Å². The number of hydrogen-bond acceptors (Lipinski definition) is 5. The monoisotopic (exact) mass is 268 g/mol. The standard InChI is InChI=1S/C11H16N4O4/c1-7-14-8(15-19-7)5-12-10(18)13-6-11(9(16)17)3-2-4-11/h2-6H2,1H3,(H,16,17)(H2,12,13,18). The van der Waals surface area contributed by atoms with Crippen LogP contribution in [0.25, 0.3) is 0 Å². The number of nitrogens with zero attached hydrogens (tertiary/aromatic N) is 2. The number of carboxylic acids is 1. The average Bonchev–Trinajstić information content (AvgIpc) is 2.70. The van der Waals surface area contributed by atoms with E-state index in [0.29, 0.717) is 24.6 Å². The van der Waals surface area contributed by atoms with E-state index in [1.807, 2.05) is 0 Å². The van der Waals surface area contributed by atoms with E-state index in [-0.39, 0.29) is 13.1 Å². The van der Waals surface area contributed by atoms with Crippen molar-refractivity contribution >= 4 is 12.0 Å². The maximum atomic E-state index is 11.5. The third-order valence-electron chi connectivity index (χ3n) is 3.33. The van der Waals surface area contributed by atoms with Crippen LogP contribution in [-0.4, -0.2) is 33.8 Å². The lowest BCUT2D eigenvalue weighted by atomic mass is 9.69. The van der Waals surface area contributed by atoms with E-state index in [2.05, 4.69) is 20.8 Å². The summed E-state index contributed by atoms with van der Waals surface area (Å²) in [6.45, 7) is 1.94. The van der Waals surface area contributed by atoms with Gasteiger partial charge in [-0.2, -0.15) is 4.98 Å². The molecular formula is C11H16N4O4. The Bertz CT molecular complexity index is 481. The lowest BCUT2D eigenvalue weighted by Gasteiger charge is -2.37. The SMILES string of the molecule is Cc1nc(CNC(=O)NCC2(C(=O)O)CCC2)no1. The van der Waals surface area contributed by atoms with Gasteiger partial charge in [-0.25, -0.2) is 4.79 Å². The molecule has 0 spiro atoms. The molecular weight excluding hydrogens is 252 g/mol. The lowest BCUT2D eigenvalue weighted by Crippen LogP contribution is -2.49. The summed E-state index contributed by atoms with van der Waals surface area (Å²) in [4.78, 5) is 26.6. The van der Waals surface area contributed by atoms with Crippen molar-refractivity contribution in [1.82, 2.24) is 20.8 Å². The number of carboxylic acid groups (broad SMARTS) is 1. The summed E-state index contributed by atoms with van der Waals surface area (Å²) in [6.07, 6.45) is 2.09. The molecule has 1 fully saturated rings. The average molecular weight is 268 g/mol. The predicted octanol–water partition coefficient (Wildman–Crippen LogP) is 0.432. The Morgan fingerprint density at radius 2 is 2.16 bits per heavy atom. The molecule has 0 atom stereocenters. The van der Waals surface area contributed by atoms with Gasteiger partial charge in [0.05, 0.1) is 12.0 Å². The third kappa shape index (κ3) is 3.01. The zero-order chi connectivity index (χ0) is 13.9. The predicted molar refractivity (Wildman–Crippen MR) is 63.2 cm³/mol. The Balaban J connectivity index is 1.74. The first-order chi connectivity index (χ1) is 9.02. The Labute approximate surface area is 109 Å². The highest BCUT2D eigenvalue weighted by molar-refractivity contribution is 5.78. The summed E-state index contributed by atoms with van der Waals surface area (Å²) in [5.41, 5.74) is -0.792. The fourth-order valence-corrected chi connectivity index (χ4v) is 1.95. The normalized spacial score (nSPS) is 16.5. The summed E-state index contributed by atoms with van der Waals surface area (Å²) in [7, 11) is 0. The topological polar surface area (TPSA) is 117 Å². The molecule has 0 saturated heterocycles. The molecule has 0 aliphatic heterocycles. The molecule has 104 valence electrons. The van der Waals surface area contributed by atoms with Gasteiger partial charge in [0, 0.05) is 13.5 Å².